The van der Waals surface area contributed by atoms with Crippen molar-refractivity contribution in [1.29, 1.82) is 0 Å². The van der Waals surface area contributed by atoms with E-state index in [1.165, 1.54) is 12.0 Å². The maximum atomic E-state index is 11.2. The Morgan fingerprint density at radius 2 is 1.41 bits per heavy atom. The molecule has 0 saturated carbocycles. The minimum absolute atomic E-state index is 0.228. The number of hydrogen-bond acceptors (Lipinski definition) is 2. The number of halogens is 1. The van der Waals surface area contributed by atoms with Crippen LogP contribution in [0.2, 0.25) is 5.02 Å². The van der Waals surface area contributed by atoms with Crippen molar-refractivity contribution in [1.82, 2.24) is 0 Å². The van der Waals surface area contributed by atoms with Gasteiger partial charge in [-0.25, -0.2) is 8.42 Å². The molecular weight excluding hydrogens is 316 g/mol. The molecule has 2 aromatic rings. The van der Waals surface area contributed by atoms with Crippen molar-refractivity contribution >= 4 is 21.4 Å². The van der Waals surface area contributed by atoms with E-state index in [9.17, 15) is 8.42 Å². The SMILES string of the molecule is CCC.Cc1cccc(Cl)c1S(C)(=O)=O.Cc1ccccc1. The molecule has 0 aliphatic carbocycles. The largest absolute Gasteiger partial charge is 0.224 e. The molecule has 0 aliphatic rings. The van der Waals surface area contributed by atoms with E-state index in [0.717, 1.165) is 6.26 Å². The van der Waals surface area contributed by atoms with Crippen molar-refractivity contribution in [2.75, 3.05) is 6.26 Å². The predicted molar refractivity (Wildman–Crippen MR) is 96.4 cm³/mol. The normalized spacial score (nSPS) is 9.91. The Labute approximate surface area is 140 Å². The van der Waals surface area contributed by atoms with Crippen LogP contribution in [0.15, 0.2) is 53.4 Å². The van der Waals surface area contributed by atoms with Gasteiger partial charge in [-0.15, -0.1) is 0 Å². The molecule has 4 heteroatoms. The Hall–Kier alpha value is -1.32. The first-order valence-corrected chi connectivity index (χ1v) is 9.47. The van der Waals surface area contributed by atoms with Crippen LogP contribution < -0.4 is 0 Å². The summed E-state index contributed by atoms with van der Waals surface area (Å²) in [6.45, 7) is 8.06. The zero-order valence-electron chi connectivity index (χ0n) is 13.9. The van der Waals surface area contributed by atoms with E-state index in [2.05, 4.69) is 32.9 Å². The Balaban J connectivity index is 0.000000372. The quantitative estimate of drug-likeness (QED) is 0.690. The van der Waals surface area contributed by atoms with Gasteiger partial charge >= 0.3 is 0 Å². The molecule has 0 fully saturated rings. The Morgan fingerprint density at radius 1 is 0.909 bits per heavy atom. The van der Waals surface area contributed by atoms with Crippen LogP contribution in [-0.4, -0.2) is 14.7 Å². The molecule has 0 unspecified atom stereocenters. The van der Waals surface area contributed by atoms with Gasteiger partial charge in [0, 0.05) is 6.26 Å². The van der Waals surface area contributed by atoms with E-state index in [4.69, 9.17) is 11.6 Å². The van der Waals surface area contributed by atoms with Crippen LogP contribution >= 0.6 is 11.6 Å². The lowest BCUT2D eigenvalue weighted by atomic mass is 10.2. The molecule has 0 spiro atoms. The average Bonchev–Trinajstić information content (AvgIpc) is 2.39. The molecule has 22 heavy (non-hydrogen) atoms. The van der Waals surface area contributed by atoms with Crippen molar-refractivity contribution in [2.45, 2.75) is 39.0 Å². The third-order valence-corrected chi connectivity index (χ3v) is 4.19. The third kappa shape index (κ3) is 8.20. The second-order valence-corrected chi connectivity index (χ2v) is 7.38. The van der Waals surface area contributed by atoms with Gasteiger partial charge in [0.15, 0.2) is 9.84 Å². The van der Waals surface area contributed by atoms with Gasteiger partial charge in [-0.05, 0) is 25.5 Å². The van der Waals surface area contributed by atoms with Gasteiger partial charge in [-0.2, -0.15) is 0 Å². The number of benzene rings is 2. The van der Waals surface area contributed by atoms with Crippen LogP contribution in [0.4, 0.5) is 0 Å². The standard InChI is InChI=1S/C8H9ClO2S.C7H8.C3H8/c1-6-4-3-5-7(9)8(6)12(2,10)11;1-7-5-3-2-4-6-7;1-3-2/h3-5H,1-2H3;2-6H,1H3;3H2,1-2H3. The summed E-state index contributed by atoms with van der Waals surface area (Å²) >= 11 is 5.73. The zero-order chi connectivity index (χ0) is 17.2. The van der Waals surface area contributed by atoms with Crippen LogP contribution in [0.5, 0.6) is 0 Å². The molecule has 0 N–H and O–H groups in total. The van der Waals surface area contributed by atoms with Crippen molar-refractivity contribution in [3.8, 4) is 0 Å². The Kier molecular flexibility index (Phi) is 9.79. The summed E-state index contributed by atoms with van der Waals surface area (Å²) in [5.41, 5.74) is 2.01. The highest BCUT2D eigenvalue weighted by atomic mass is 35.5. The fraction of sp³-hybridized carbons (Fsp3) is 0.333. The average molecular weight is 341 g/mol. The van der Waals surface area contributed by atoms with Gasteiger partial charge in [0.1, 0.15) is 0 Å². The predicted octanol–water partition coefficient (Wildman–Crippen LogP) is 5.46. The highest BCUT2D eigenvalue weighted by Gasteiger charge is 2.13. The highest BCUT2D eigenvalue weighted by Crippen LogP contribution is 2.24. The summed E-state index contributed by atoms with van der Waals surface area (Å²) < 4.78 is 22.4. The number of rotatable bonds is 1. The summed E-state index contributed by atoms with van der Waals surface area (Å²) in [6, 6.07) is 15.3. The second-order valence-electron chi connectivity index (χ2n) is 5.02. The molecule has 0 saturated heterocycles. The maximum absolute atomic E-state index is 11.2. The minimum atomic E-state index is -3.20. The molecule has 0 aliphatic heterocycles. The molecule has 2 aromatic carbocycles. The van der Waals surface area contributed by atoms with Gasteiger partial charge in [0.2, 0.25) is 0 Å². The van der Waals surface area contributed by atoms with E-state index in [0.29, 0.717) is 5.56 Å². The topological polar surface area (TPSA) is 34.1 Å². The molecular formula is C18H25ClO2S. The van der Waals surface area contributed by atoms with E-state index >= 15 is 0 Å². The molecule has 122 valence electrons. The lowest BCUT2D eigenvalue weighted by Gasteiger charge is -2.04. The molecule has 2 nitrogen and oxygen atoms in total. The van der Waals surface area contributed by atoms with Crippen molar-refractivity contribution < 1.29 is 8.42 Å². The first-order valence-electron chi connectivity index (χ1n) is 7.20. The highest BCUT2D eigenvalue weighted by molar-refractivity contribution is 7.90. The van der Waals surface area contributed by atoms with Crippen molar-refractivity contribution in [3.05, 3.63) is 64.7 Å². The zero-order valence-corrected chi connectivity index (χ0v) is 15.5. The Morgan fingerprint density at radius 3 is 1.68 bits per heavy atom. The lowest BCUT2D eigenvalue weighted by molar-refractivity contribution is 0.601. The second kappa shape index (κ2) is 10.4. The van der Waals surface area contributed by atoms with Gasteiger partial charge in [0.25, 0.3) is 0 Å². The van der Waals surface area contributed by atoms with E-state index < -0.39 is 9.84 Å². The monoisotopic (exact) mass is 340 g/mol. The van der Waals surface area contributed by atoms with Crippen LogP contribution in [0.1, 0.15) is 31.4 Å². The van der Waals surface area contributed by atoms with Crippen LogP contribution in [0.25, 0.3) is 0 Å². The van der Waals surface area contributed by atoms with Crippen LogP contribution in [0.3, 0.4) is 0 Å². The maximum Gasteiger partial charge on any atom is 0.177 e. The number of aryl methyl sites for hydroxylation is 2. The lowest BCUT2D eigenvalue weighted by Crippen LogP contribution is -2.00. The van der Waals surface area contributed by atoms with Crippen molar-refractivity contribution in [2.24, 2.45) is 0 Å². The van der Waals surface area contributed by atoms with Gasteiger partial charge in [0.05, 0.1) is 9.92 Å². The first kappa shape index (κ1) is 20.7. The first-order chi connectivity index (χ1) is 10.2. The van der Waals surface area contributed by atoms with Crippen LogP contribution in [-0.2, 0) is 9.84 Å². The smallest absolute Gasteiger partial charge is 0.177 e. The van der Waals surface area contributed by atoms with E-state index in [-0.39, 0.29) is 9.92 Å². The summed E-state index contributed by atoms with van der Waals surface area (Å²) in [5, 5.41) is 0.289. The minimum Gasteiger partial charge on any atom is -0.224 e. The fourth-order valence-electron chi connectivity index (χ4n) is 1.62. The van der Waals surface area contributed by atoms with E-state index in [1.54, 1.807) is 25.1 Å². The molecule has 0 bridgehead atoms. The van der Waals surface area contributed by atoms with Gasteiger partial charge in [-0.1, -0.05) is 79.9 Å². The fourth-order valence-corrected chi connectivity index (χ4v) is 3.34. The molecule has 0 radical (unpaired) electrons. The van der Waals surface area contributed by atoms with Gasteiger partial charge < -0.3 is 0 Å². The van der Waals surface area contributed by atoms with Gasteiger partial charge in [-0.3, -0.25) is 0 Å². The molecule has 2 rings (SSSR count). The van der Waals surface area contributed by atoms with Crippen molar-refractivity contribution in [3.63, 3.8) is 0 Å². The molecule has 0 heterocycles. The molecule has 0 amide bonds. The number of sulfone groups is 1. The summed E-state index contributed by atoms with van der Waals surface area (Å²) in [5.74, 6) is 0. The summed E-state index contributed by atoms with van der Waals surface area (Å²) in [4.78, 5) is 0.228. The Bertz CT molecular complexity index is 630. The van der Waals surface area contributed by atoms with Crippen LogP contribution in [0, 0.1) is 13.8 Å². The molecule has 0 aromatic heterocycles. The number of hydrogen-bond donors (Lipinski definition) is 0. The van der Waals surface area contributed by atoms with E-state index in [1.807, 2.05) is 18.2 Å². The summed E-state index contributed by atoms with van der Waals surface area (Å²) in [6.07, 6.45) is 2.40. The summed E-state index contributed by atoms with van der Waals surface area (Å²) in [7, 11) is -3.20. The third-order valence-electron chi connectivity index (χ3n) is 2.48. The molecule has 0 atom stereocenters.